The summed E-state index contributed by atoms with van der Waals surface area (Å²) >= 11 is 0. The maximum Gasteiger partial charge on any atom is 0.251 e. The fraction of sp³-hybridized carbons (Fsp3) is 0.900. The fourth-order valence-electron chi connectivity index (χ4n) is 2.13. The number of ether oxygens (including phenoxy) is 1. The van der Waals surface area contributed by atoms with E-state index in [0.717, 1.165) is 12.8 Å². The maximum atomic E-state index is 11.8. The highest BCUT2D eigenvalue weighted by Gasteiger charge is 2.34. The minimum absolute atomic E-state index is 0.0610. The number of β-amino-alcohol motifs (C(OH)–C–C–N with tert-alkyl or cyclic N) is 1. The molecule has 2 saturated heterocycles. The van der Waals surface area contributed by atoms with E-state index in [2.05, 4.69) is 0 Å². The molecular formula is C10H17NO3. The molecule has 4 nitrogen and oxygen atoms in total. The van der Waals surface area contributed by atoms with Crippen molar-refractivity contribution in [2.45, 2.75) is 44.5 Å². The van der Waals surface area contributed by atoms with Gasteiger partial charge in [0.2, 0.25) is 0 Å². The topological polar surface area (TPSA) is 49.8 Å². The highest BCUT2D eigenvalue weighted by molar-refractivity contribution is 5.81. The SMILES string of the molecule is CC1CCC(C(=O)N2CC[C@@H](O)C2)O1. The molecule has 2 unspecified atom stereocenters. The van der Waals surface area contributed by atoms with Crippen LogP contribution in [0.1, 0.15) is 26.2 Å². The molecule has 0 saturated carbocycles. The van der Waals surface area contributed by atoms with Crippen molar-refractivity contribution in [1.82, 2.24) is 4.90 Å². The molecule has 1 N–H and O–H groups in total. The summed E-state index contributed by atoms with van der Waals surface area (Å²) in [7, 11) is 0. The summed E-state index contributed by atoms with van der Waals surface area (Å²) in [6, 6.07) is 0. The Morgan fingerprint density at radius 2 is 2.21 bits per heavy atom. The van der Waals surface area contributed by atoms with Crippen LogP contribution in [0.25, 0.3) is 0 Å². The lowest BCUT2D eigenvalue weighted by atomic mass is 10.2. The van der Waals surface area contributed by atoms with Gasteiger partial charge < -0.3 is 14.7 Å². The molecule has 14 heavy (non-hydrogen) atoms. The summed E-state index contributed by atoms with van der Waals surface area (Å²) in [5, 5.41) is 9.31. The summed E-state index contributed by atoms with van der Waals surface area (Å²) in [4.78, 5) is 13.5. The van der Waals surface area contributed by atoms with Crippen molar-refractivity contribution < 1.29 is 14.6 Å². The summed E-state index contributed by atoms with van der Waals surface area (Å²) in [6.45, 7) is 3.15. The number of carbonyl (C=O) groups excluding carboxylic acids is 1. The van der Waals surface area contributed by atoms with Gasteiger partial charge in [0.15, 0.2) is 0 Å². The van der Waals surface area contributed by atoms with Crippen LogP contribution in [0.15, 0.2) is 0 Å². The molecule has 0 radical (unpaired) electrons. The zero-order valence-electron chi connectivity index (χ0n) is 8.48. The number of carbonyl (C=O) groups is 1. The van der Waals surface area contributed by atoms with Crippen molar-refractivity contribution >= 4 is 5.91 Å². The Hall–Kier alpha value is -0.610. The zero-order valence-corrected chi connectivity index (χ0v) is 8.48. The molecule has 0 aromatic carbocycles. The van der Waals surface area contributed by atoms with Gasteiger partial charge in [0.1, 0.15) is 6.10 Å². The zero-order chi connectivity index (χ0) is 10.1. The normalized spacial score (nSPS) is 37.9. The maximum absolute atomic E-state index is 11.8. The smallest absolute Gasteiger partial charge is 0.251 e. The van der Waals surface area contributed by atoms with E-state index in [1.807, 2.05) is 6.92 Å². The predicted molar refractivity (Wildman–Crippen MR) is 50.8 cm³/mol. The van der Waals surface area contributed by atoms with Gasteiger partial charge in [0.05, 0.1) is 12.2 Å². The Morgan fingerprint density at radius 1 is 1.43 bits per heavy atom. The lowest BCUT2D eigenvalue weighted by Gasteiger charge is -2.19. The van der Waals surface area contributed by atoms with Crippen molar-refractivity contribution in [2.75, 3.05) is 13.1 Å². The second-order valence-corrected chi connectivity index (χ2v) is 4.24. The number of hydrogen-bond acceptors (Lipinski definition) is 3. The van der Waals surface area contributed by atoms with Gasteiger partial charge >= 0.3 is 0 Å². The van der Waals surface area contributed by atoms with Gasteiger partial charge in [-0.25, -0.2) is 0 Å². The first-order valence-electron chi connectivity index (χ1n) is 5.29. The van der Waals surface area contributed by atoms with Gasteiger partial charge in [0, 0.05) is 13.1 Å². The van der Waals surface area contributed by atoms with E-state index in [4.69, 9.17) is 4.74 Å². The molecule has 0 spiro atoms. The number of rotatable bonds is 1. The highest BCUT2D eigenvalue weighted by atomic mass is 16.5. The van der Waals surface area contributed by atoms with E-state index >= 15 is 0 Å². The molecule has 0 aromatic rings. The van der Waals surface area contributed by atoms with Gasteiger partial charge in [-0.15, -0.1) is 0 Å². The third-order valence-electron chi connectivity index (χ3n) is 2.98. The largest absolute Gasteiger partial charge is 0.391 e. The molecule has 2 aliphatic heterocycles. The molecule has 2 fully saturated rings. The van der Waals surface area contributed by atoms with Crippen molar-refractivity contribution in [2.24, 2.45) is 0 Å². The molecule has 0 aliphatic carbocycles. The number of aliphatic hydroxyl groups is 1. The molecule has 2 aliphatic rings. The second-order valence-electron chi connectivity index (χ2n) is 4.24. The number of nitrogens with zero attached hydrogens (tertiary/aromatic N) is 1. The van der Waals surface area contributed by atoms with Crippen molar-refractivity contribution in [3.8, 4) is 0 Å². The summed E-state index contributed by atoms with van der Waals surface area (Å²) in [5.41, 5.74) is 0. The Balaban J connectivity index is 1.89. The van der Waals surface area contributed by atoms with Gasteiger partial charge in [-0.05, 0) is 26.2 Å². The molecule has 0 aromatic heterocycles. The molecule has 2 heterocycles. The Bertz CT molecular complexity index is 209. The van der Waals surface area contributed by atoms with Gasteiger partial charge in [-0.3, -0.25) is 4.79 Å². The number of hydrogen-bond donors (Lipinski definition) is 1. The van der Waals surface area contributed by atoms with E-state index in [-0.39, 0.29) is 24.2 Å². The van der Waals surface area contributed by atoms with Crippen LogP contribution in [-0.4, -0.2) is 47.3 Å². The van der Waals surface area contributed by atoms with Crippen LogP contribution in [-0.2, 0) is 9.53 Å². The highest BCUT2D eigenvalue weighted by Crippen LogP contribution is 2.22. The monoisotopic (exact) mass is 199 g/mol. The second kappa shape index (κ2) is 3.87. The molecule has 3 atom stereocenters. The number of likely N-dealkylation sites (tertiary alicyclic amines) is 1. The Kier molecular flexibility index (Phi) is 2.74. The van der Waals surface area contributed by atoms with Gasteiger partial charge in [0.25, 0.3) is 5.91 Å². The minimum Gasteiger partial charge on any atom is -0.391 e. The van der Waals surface area contributed by atoms with E-state index < -0.39 is 0 Å². The minimum atomic E-state index is -0.335. The van der Waals surface area contributed by atoms with Crippen molar-refractivity contribution in [3.05, 3.63) is 0 Å². The quantitative estimate of drug-likeness (QED) is 0.654. The predicted octanol–water partition coefficient (Wildman–Crippen LogP) is 0.147. The summed E-state index contributed by atoms with van der Waals surface area (Å²) in [6.07, 6.45) is 2.11. The number of amides is 1. The van der Waals surface area contributed by atoms with Crippen LogP contribution in [0.5, 0.6) is 0 Å². The Labute approximate surface area is 83.8 Å². The average Bonchev–Trinajstić information content (AvgIpc) is 2.73. The van der Waals surface area contributed by atoms with Crippen LogP contribution < -0.4 is 0 Å². The molecule has 80 valence electrons. The van der Waals surface area contributed by atoms with Gasteiger partial charge in [-0.1, -0.05) is 0 Å². The van der Waals surface area contributed by atoms with Crippen LogP contribution in [0.3, 0.4) is 0 Å². The van der Waals surface area contributed by atoms with E-state index in [0.29, 0.717) is 19.5 Å². The molecular weight excluding hydrogens is 182 g/mol. The first-order chi connectivity index (χ1) is 6.66. The van der Waals surface area contributed by atoms with Crippen LogP contribution in [0.2, 0.25) is 0 Å². The summed E-state index contributed by atoms with van der Waals surface area (Å²) in [5.74, 6) is 0.0610. The lowest BCUT2D eigenvalue weighted by Crippen LogP contribution is -2.38. The van der Waals surface area contributed by atoms with Crippen LogP contribution in [0.4, 0.5) is 0 Å². The lowest BCUT2D eigenvalue weighted by molar-refractivity contribution is -0.141. The van der Waals surface area contributed by atoms with Crippen LogP contribution in [0, 0.1) is 0 Å². The van der Waals surface area contributed by atoms with Crippen molar-refractivity contribution in [1.29, 1.82) is 0 Å². The molecule has 2 rings (SSSR count). The van der Waals surface area contributed by atoms with E-state index in [1.54, 1.807) is 4.90 Å². The van der Waals surface area contributed by atoms with E-state index in [9.17, 15) is 9.90 Å². The molecule has 0 bridgehead atoms. The number of aliphatic hydroxyl groups excluding tert-OH is 1. The summed E-state index contributed by atoms with van der Waals surface area (Å²) < 4.78 is 5.50. The van der Waals surface area contributed by atoms with Crippen molar-refractivity contribution in [3.63, 3.8) is 0 Å². The Morgan fingerprint density at radius 3 is 2.71 bits per heavy atom. The van der Waals surface area contributed by atoms with Gasteiger partial charge in [-0.2, -0.15) is 0 Å². The molecule has 4 heteroatoms. The first-order valence-corrected chi connectivity index (χ1v) is 5.29. The third-order valence-corrected chi connectivity index (χ3v) is 2.98. The third kappa shape index (κ3) is 1.91. The fourth-order valence-corrected chi connectivity index (χ4v) is 2.13. The standard InChI is InChI=1S/C10H17NO3/c1-7-2-3-9(14-7)10(13)11-5-4-8(12)6-11/h7-9,12H,2-6H2,1H3/t7?,8-,9?/m1/s1. The molecule has 1 amide bonds. The van der Waals surface area contributed by atoms with E-state index in [1.165, 1.54) is 0 Å². The van der Waals surface area contributed by atoms with Crippen LogP contribution >= 0.6 is 0 Å². The average molecular weight is 199 g/mol. The first kappa shape index (κ1) is 9.93.